The van der Waals surface area contributed by atoms with E-state index in [-0.39, 0.29) is 11.7 Å². The van der Waals surface area contributed by atoms with Gasteiger partial charge in [0.25, 0.3) is 5.79 Å². The summed E-state index contributed by atoms with van der Waals surface area (Å²) < 4.78 is 15.7. The van der Waals surface area contributed by atoms with Crippen LogP contribution in [0.2, 0.25) is 0 Å². The van der Waals surface area contributed by atoms with Crippen molar-refractivity contribution in [2.45, 2.75) is 52.4 Å². The third-order valence-corrected chi connectivity index (χ3v) is 3.92. The molecule has 1 fully saturated rings. The summed E-state index contributed by atoms with van der Waals surface area (Å²) in [6.45, 7) is 7.11. The molecule has 0 amide bonds. The molecular weight excluding hydrogens is 338 g/mol. The van der Waals surface area contributed by atoms with Crippen molar-refractivity contribution in [1.29, 1.82) is 0 Å². The Morgan fingerprint density at radius 3 is 2.12 bits per heavy atom. The van der Waals surface area contributed by atoms with E-state index in [1.165, 1.54) is 6.20 Å². The molecule has 0 radical (unpaired) electrons. The van der Waals surface area contributed by atoms with E-state index < -0.39 is 23.7 Å². The maximum atomic E-state index is 12.1. The van der Waals surface area contributed by atoms with Crippen molar-refractivity contribution in [3.8, 4) is 0 Å². The van der Waals surface area contributed by atoms with Gasteiger partial charge in [0.1, 0.15) is 0 Å². The van der Waals surface area contributed by atoms with Crippen molar-refractivity contribution in [1.82, 2.24) is 0 Å². The second kappa shape index (κ2) is 8.03. The smallest absolute Gasteiger partial charge is 0.350 e. The summed E-state index contributed by atoms with van der Waals surface area (Å²) in [7, 11) is 0. The number of rotatable bonds is 6. The van der Waals surface area contributed by atoms with Crippen molar-refractivity contribution in [2.75, 3.05) is 5.32 Å². The highest BCUT2D eigenvalue weighted by atomic mass is 16.7. The number of carbonyl (C=O) groups excluding carboxylic acids is 3. The fraction of sp³-hybridized carbons (Fsp3) is 0.421. The van der Waals surface area contributed by atoms with E-state index in [0.717, 1.165) is 0 Å². The van der Waals surface area contributed by atoms with Crippen molar-refractivity contribution in [3.63, 3.8) is 0 Å². The zero-order valence-electron chi connectivity index (χ0n) is 15.3. The summed E-state index contributed by atoms with van der Waals surface area (Å²) in [5, 5.41) is 2.83. The van der Waals surface area contributed by atoms with Crippen LogP contribution in [0, 0.1) is 0 Å². The van der Waals surface area contributed by atoms with Crippen LogP contribution in [0.3, 0.4) is 0 Å². The molecule has 0 spiro atoms. The molecule has 1 aromatic rings. The van der Waals surface area contributed by atoms with Gasteiger partial charge in [0.2, 0.25) is 0 Å². The number of hydrogen-bond donors (Lipinski definition) is 1. The fourth-order valence-electron chi connectivity index (χ4n) is 2.35. The number of carbonyl (C=O) groups is 3. The van der Waals surface area contributed by atoms with Gasteiger partial charge in [0, 0.05) is 24.7 Å². The van der Waals surface area contributed by atoms with E-state index in [4.69, 9.17) is 14.2 Å². The first-order valence-corrected chi connectivity index (χ1v) is 8.54. The van der Waals surface area contributed by atoms with Crippen molar-refractivity contribution >= 4 is 23.6 Å². The molecule has 1 aromatic carbocycles. The standard InChI is InChI=1S/C19H23NO6/c1-5-19(6-2)25-17(22)15(18(23)26-19)11-20-14-9-7-13(8-10-14)16(21)24-12(3)4/h7-12,20H,5-6H2,1-4H3. The number of cyclic esters (lactones) is 2. The van der Waals surface area contributed by atoms with Crippen LogP contribution >= 0.6 is 0 Å². The van der Waals surface area contributed by atoms with E-state index in [9.17, 15) is 14.4 Å². The van der Waals surface area contributed by atoms with Crippen molar-refractivity contribution < 1.29 is 28.6 Å². The van der Waals surface area contributed by atoms with Gasteiger partial charge in [-0.15, -0.1) is 0 Å². The third-order valence-electron chi connectivity index (χ3n) is 3.92. The quantitative estimate of drug-likeness (QED) is 0.473. The fourth-order valence-corrected chi connectivity index (χ4v) is 2.35. The highest BCUT2D eigenvalue weighted by Crippen LogP contribution is 2.29. The maximum Gasteiger partial charge on any atom is 0.350 e. The van der Waals surface area contributed by atoms with Gasteiger partial charge in [-0.2, -0.15) is 0 Å². The zero-order valence-corrected chi connectivity index (χ0v) is 15.3. The average molecular weight is 361 g/mol. The Balaban J connectivity index is 2.06. The Hall–Kier alpha value is -2.83. The van der Waals surface area contributed by atoms with Crippen LogP contribution in [0.5, 0.6) is 0 Å². The van der Waals surface area contributed by atoms with E-state index in [1.807, 2.05) is 0 Å². The van der Waals surface area contributed by atoms with Gasteiger partial charge in [-0.1, -0.05) is 13.8 Å². The molecule has 7 nitrogen and oxygen atoms in total. The van der Waals surface area contributed by atoms with Gasteiger partial charge >= 0.3 is 17.9 Å². The Bertz CT molecular complexity index is 694. The van der Waals surface area contributed by atoms with Gasteiger partial charge in [0.15, 0.2) is 5.57 Å². The second-order valence-electron chi connectivity index (χ2n) is 6.13. The molecule has 1 N–H and O–H groups in total. The monoisotopic (exact) mass is 361 g/mol. The molecule has 0 aromatic heterocycles. The van der Waals surface area contributed by atoms with E-state index in [2.05, 4.69) is 5.32 Å². The van der Waals surface area contributed by atoms with Crippen molar-refractivity contribution in [2.24, 2.45) is 0 Å². The van der Waals surface area contributed by atoms with Crippen LogP contribution in [0.25, 0.3) is 0 Å². The van der Waals surface area contributed by atoms with Crippen LogP contribution in [-0.2, 0) is 23.8 Å². The molecule has 1 saturated heterocycles. The third kappa shape index (κ3) is 4.41. The van der Waals surface area contributed by atoms with Crippen LogP contribution in [-0.4, -0.2) is 29.8 Å². The Morgan fingerprint density at radius 2 is 1.65 bits per heavy atom. The topological polar surface area (TPSA) is 90.9 Å². The van der Waals surface area contributed by atoms with E-state index in [0.29, 0.717) is 24.1 Å². The molecule has 1 aliphatic heterocycles. The second-order valence-corrected chi connectivity index (χ2v) is 6.13. The molecule has 1 heterocycles. The minimum Gasteiger partial charge on any atom is -0.459 e. The Morgan fingerprint density at radius 1 is 1.12 bits per heavy atom. The molecule has 7 heteroatoms. The SMILES string of the molecule is CCC1(CC)OC(=O)C(=CNc2ccc(C(=O)OC(C)C)cc2)C(=O)O1. The molecular formula is C19H23NO6. The molecule has 0 atom stereocenters. The summed E-state index contributed by atoms with van der Waals surface area (Å²) in [5.74, 6) is -3.06. The van der Waals surface area contributed by atoms with Crippen LogP contribution in [0.4, 0.5) is 5.69 Å². The van der Waals surface area contributed by atoms with Crippen LogP contribution in [0.1, 0.15) is 50.9 Å². The summed E-state index contributed by atoms with van der Waals surface area (Å²) >= 11 is 0. The molecule has 1 aliphatic rings. The minimum atomic E-state index is -1.19. The van der Waals surface area contributed by atoms with Gasteiger partial charge in [-0.3, -0.25) is 0 Å². The average Bonchev–Trinajstić information content (AvgIpc) is 2.60. The molecule has 0 bridgehead atoms. The maximum absolute atomic E-state index is 12.1. The number of esters is 3. The van der Waals surface area contributed by atoms with Gasteiger partial charge in [-0.05, 0) is 38.1 Å². The van der Waals surface area contributed by atoms with Gasteiger partial charge in [0.05, 0.1) is 11.7 Å². The normalized spacial score (nSPS) is 16.0. The number of benzene rings is 1. The largest absolute Gasteiger partial charge is 0.459 e. The first-order chi connectivity index (χ1) is 12.3. The molecule has 2 rings (SSSR count). The summed E-state index contributed by atoms with van der Waals surface area (Å²) in [5.41, 5.74) is 0.775. The number of anilines is 1. The van der Waals surface area contributed by atoms with E-state index >= 15 is 0 Å². The zero-order chi connectivity index (χ0) is 19.3. The lowest BCUT2D eigenvalue weighted by atomic mass is 10.1. The van der Waals surface area contributed by atoms with Gasteiger partial charge < -0.3 is 19.5 Å². The Labute approximate surface area is 152 Å². The summed E-state index contributed by atoms with van der Waals surface area (Å²) in [4.78, 5) is 36.0. The highest BCUT2D eigenvalue weighted by molar-refractivity contribution is 6.15. The predicted octanol–water partition coefficient (Wildman–Crippen LogP) is 3.16. The molecule has 0 aliphatic carbocycles. The lowest BCUT2D eigenvalue weighted by Crippen LogP contribution is -2.45. The highest BCUT2D eigenvalue weighted by Gasteiger charge is 2.43. The van der Waals surface area contributed by atoms with Crippen molar-refractivity contribution in [3.05, 3.63) is 41.6 Å². The van der Waals surface area contributed by atoms with Gasteiger partial charge in [-0.25, -0.2) is 14.4 Å². The first-order valence-electron chi connectivity index (χ1n) is 8.54. The van der Waals surface area contributed by atoms with E-state index in [1.54, 1.807) is 52.0 Å². The number of hydrogen-bond acceptors (Lipinski definition) is 7. The molecule has 0 saturated carbocycles. The summed E-state index contributed by atoms with van der Waals surface area (Å²) in [6.07, 6.45) is 1.80. The Kier molecular flexibility index (Phi) is 6.02. The molecule has 26 heavy (non-hydrogen) atoms. The van der Waals surface area contributed by atoms with Crippen LogP contribution in [0.15, 0.2) is 36.0 Å². The summed E-state index contributed by atoms with van der Waals surface area (Å²) in [6, 6.07) is 6.44. The van der Waals surface area contributed by atoms with Crippen LogP contribution < -0.4 is 5.32 Å². The first kappa shape index (κ1) is 19.5. The molecule has 140 valence electrons. The lowest BCUT2D eigenvalue weighted by molar-refractivity contribution is -0.237. The molecule has 0 unspecified atom stereocenters. The predicted molar refractivity (Wildman–Crippen MR) is 94.2 cm³/mol. The number of ether oxygens (including phenoxy) is 3. The number of nitrogens with one attached hydrogen (secondary N) is 1. The minimum absolute atomic E-state index is 0.202. The lowest BCUT2D eigenvalue weighted by Gasteiger charge is -2.34.